The van der Waals surface area contributed by atoms with E-state index in [0.717, 1.165) is 5.92 Å². The molecule has 2 aliphatic heterocycles. The van der Waals surface area contributed by atoms with Crippen molar-refractivity contribution < 1.29 is 0 Å². The number of nitrogens with zero attached hydrogens (tertiary/aromatic N) is 1. The normalized spacial score (nSPS) is 36.0. The molecule has 2 heteroatoms. The quantitative estimate of drug-likeness (QED) is 0.593. The van der Waals surface area contributed by atoms with E-state index in [1.807, 2.05) is 0 Å². The van der Waals surface area contributed by atoms with E-state index in [1.165, 1.54) is 32.7 Å². The van der Waals surface area contributed by atoms with Crippen LogP contribution in [0.3, 0.4) is 0 Å². The summed E-state index contributed by atoms with van der Waals surface area (Å²) in [7, 11) is 0. The van der Waals surface area contributed by atoms with Crippen LogP contribution in [0.2, 0.25) is 0 Å². The molecule has 2 rings (SSSR count). The van der Waals surface area contributed by atoms with Gasteiger partial charge in [-0.25, -0.2) is 0 Å². The summed E-state index contributed by atoms with van der Waals surface area (Å²) in [6.45, 7) is 11.0. The van der Waals surface area contributed by atoms with Crippen molar-refractivity contribution in [3.05, 3.63) is 0 Å². The lowest BCUT2D eigenvalue weighted by Gasteiger charge is -2.42. The van der Waals surface area contributed by atoms with Crippen LogP contribution in [0, 0.1) is 11.3 Å². The molecule has 1 N–H and O–H groups in total. The Morgan fingerprint density at radius 3 is 2.55 bits per heavy atom. The van der Waals surface area contributed by atoms with E-state index < -0.39 is 0 Å². The van der Waals surface area contributed by atoms with Crippen LogP contribution < -0.4 is 5.32 Å². The van der Waals surface area contributed by atoms with Crippen molar-refractivity contribution in [2.75, 3.05) is 32.7 Å². The lowest BCUT2D eigenvalue weighted by molar-refractivity contribution is 0.131. The van der Waals surface area contributed by atoms with E-state index in [9.17, 15) is 0 Å². The van der Waals surface area contributed by atoms with Crippen LogP contribution in [0.15, 0.2) is 0 Å². The average molecular weight is 154 g/mol. The van der Waals surface area contributed by atoms with Gasteiger partial charge in [-0.2, -0.15) is 0 Å². The van der Waals surface area contributed by atoms with Gasteiger partial charge >= 0.3 is 0 Å². The lowest BCUT2D eigenvalue weighted by atomic mass is 9.74. The van der Waals surface area contributed by atoms with E-state index in [1.54, 1.807) is 0 Å². The minimum Gasteiger partial charge on any atom is -0.315 e. The minimum atomic E-state index is 0.663. The van der Waals surface area contributed by atoms with Gasteiger partial charge in [-0.3, -0.25) is 0 Å². The summed E-state index contributed by atoms with van der Waals surface area (Å²) in [5.74, 6) is 0.906. The molecule has 0 amide bonds. The summed E-state index contributed by atoms with van der Waals surface area (Å²) in [5, 5.41) is 3.39. The van der Waals surface area contributed by atoms with Crippen molar-refractivity contribution in [3.63, 3.8) is 0 Å². The Hall–Kier alpha value is -0.0800. The molecule has 2 aliphatic rings. The minimum absolute atomic E-state index is 0.663. The second-order valence-corrected chi connectivity index (χ2v) is 4.19. The summed E-state index contributed by atoms with van der Waals surface area (Å²) < 4.78 is 0. The molecule has 0 aromatic heterocycles. The zero-order valence-electron chi connectivity index (χ0n) is 7.56. The molecule has 2 nitrogen and oxygen atoms in total. The molecule has 1 atom stereocenters. The zero-order valence-corrected chi connectivity index (χ0v) is 7.56. The van der Waals surface area contributed by atoms with Crippen LogP contribution in [0.25, 0.3) is 0 Å². The summed E-state index contributed by atoms with van der Waals surface area (Å²) >= 11 is 0. The molecule has 0 aromatic rings. The van der Waals surface area contributed by atoms with Crippen LogP contribution >= 0.6 is 0 Å². The Balaban J connectivity index is 2.02. The fourth-order valence-corrected chi connectivity index (χ4v) is 2.39. The fraction of sp³-hybridized carbons (Fsp3) is 1.00. The second kappa shape index (κ2) is 2.46. The Labute approximate surface area is 69.0 Å². The molecule has 11 heavy (non-hydrogen) atoms. The van der Waals surface area contributed by atoms with Crippen LogP contribution in [0.4, 0.5) is 0 Å². The number of nitrogens with one attached hydrogen (secondary N) is 1. The zero-order chi connectivity index (χ0) is 7.90. The highest BCUT2D eigenvalue weighted by molar-refractivity contribution is 5.02. The number of hydrogen-bond acceptors (Lipinski definition) is 2. The van der Waals surface area contributed by atoms with E-state index in [-0.39, 0.29) is 0 Å². The summed E-state index contributed by atoms with van der Waals surface area (Å²) in [5.41, 5.74) is 0.663. The number of hydrogen-bond donors (Lipinski definition) is 1. The molecule has 0 radical (unpaired) electrons. The van der Waals surface area contributed by atoms with Gasteiger partial charge in [0.2, 0.25) is 0 Å². The number of rotatable bonds is 1. The molecule has 0 saturated carbocycles. The third-order valence-electron chi connectivity index (χ3n) is 3.52. The van der Waals surface area contributed by atoms with Gasteiger partial charge in [0.15, 0.2) is 0 Å². The van der Waals surface area contributed by atoms with E-state index >= 15 is 0 Å². The van der Waals surface area contributed by atoms with Gasteiger partial charge in [0.25, 0.3) is 0 Å². The van der Waals surface area contributed by atoms with Crippen molar-refractivity contribution >= 4 is 0 Å². The molecular formula is C9H18N2. The first kappa shape index (κ1) is 7.56. The first-order chi connectivity index (χ1) is 5.27. The van der Waals surface area contributed by atoms with Crippen molar-refractivity contribution in [2.24, 2.45) is 11.3 Å². The van der Waals surface area contributed by atoms with Crippen molar-refractivity contribution in [3.8, 4) is 0 Å². The predicted molar refractivity (Wildman–Crippen MR) is 46.6 cm³/mol. The molecule has 0 bridgehead atoms. The maximum absolute atomic E-state index is 3.39. The van der Waals surface area contributed by atoms with Gasteiger partial charge in [-0.1, -0.05) is 13.8 Å². The van der Waals surface area contributed by atoms with Crippen LogP contribution in [0.5, 0.6) is 0 Å². The maximum atomic E-state index is 3.39. The summed E-state index contributed by atoms with van der Waals surface area (Å²) in [6.07, 6.45) is 0. The Morgan fingerprint density at radius 2 is 2.27 bits per heavy atom. The largest absolute Gasteiger partial charge is 0.315 e. The molecular weight excluding hydrogens is 136 g/mol. The third kappa shape index (κ3) is 1.00. The SMILES string of the molecule is CCN1CC(C)C2(CNC2)C1. The third-order valence-corrected chi connectivity index (χ3v) is 3.52. The predicted octanol–water partition coefficient (Wildman–Crippen LogP) is 0.548. The molecule has 0 aliphatic carbocycles. The van der Waals surface area contributed by atoms with Gasteiger partial charge in [0.05, 0.1) is 0 Å². The molecule has 2 fully saturated rings. The molecule has 2 saturated heterocycles. The first-order valence-electron chi connectivity index (χ1n) is 4.70. The molecule has 2 heterocycles. The van der Waals surface area contributed by atoms with Gasteiger partial charge in [0.1, 0.15) is 0 Å². The van der Waals surface area contributed by atoms with Gasteiger partial charge in [0, 0.05) is 31.6 Å². The number of likely N-dealkylation sites (tertiary alicyclic amines) is 1. The average Bonchev–Trinajstić information content (AvgIpc) is 2.25. The molecule has 1 spiro atoms. The summed E-state index contributed by atoms with van der Waals surface area (Å²) in [6, 6.07) is 0. The molecule has 64 valence electrons. The topological polar surface area (TPSA) is 15.3 Å². The van der Waals surface area contributed by atoms with Crippen LogP contribution in [0.1, 0.15) is 13.8 Å². The Bertz CT molecular complexity index is 152. The molecule has 1 unspecified atom stereocenters. The highest BCUT2D eigenvalue weighted by atomic mass is 15.2. The molecule has 0 aromatic carbocycles. The van der Waals surface area contributed by atoms with Gasteiger partial charge in [-0.15, -0.1) is 0 Å². The first-order valence-corrected chi connectivity index (χ1v) is 4.70. The monoisotopic (exact) mass is 154 g/mol. The van der Waals surface area contributed by atoms with E-state index in [4.69, 9.17) is 0 Å². The maximum Gasteiger partial charge on any atom is 0.0117 e. The van der Waals surface area contributed by atoms with Crippen molar-refractivity contribution in [2.45, 2.75) is 13.8 Å². The van der Waals surface area contributed by atoms with E-state index in [0.29, 0.717) is 5.41 Å². The lowest BCUT2D eigenvalue weighted by Crippen LogP contribution is -2.57. The Kier molecular flexibility index (Phi) is 1.69. The van der Waals surface area contributed by atoms with Crippen LogP contribution in [-0.2, 0) is 0 Å². The smallest absolute Gasteiger partial charge is 0.0117 e. The highest BCUT2D eigenvalue weighted by Crippen LogP contribution is 2.38. The van der Waals surface area contributed by atoms with Gasteiger partial charge < -0.3 is 10.2 Å². The van der Waals surface area contributed by atoms with Crippen LogP contribution in [-0.4, -0.2) is 37.6 Å². The fourth-order valence-electron chi connectivity index (χ4n) is 2.39. The van der Waals surface area contributed by atoms with Crippen molar-refractivity contribution in [1.82, 2.24) is 10.2 Å². The standard InChI is InChI=1S/C9H18N2/c1-3-11-4-8(2)9(7-11)5-10-6-9/h8,10H,3-7H2,1-2H3. The Morgan fingerprint density at radius 1 is 1.55 bits per heavy atom. The highest BCUT2D eigenvalue weighted by Gasteiger charge is 2.47. The van der Waals surface area contributed by atoms with Gasteiger partial charge in [-0.05, 0) is 12.5 Å². The second-order valence-electron chi connectivity index (χ2n) is 4.19. The van der Waals surface area contributed by atoms with E-state index in [2.05, 4.69) is 24.1 Å². The van der Waals surface area contributed by atoms with Crippen molar-refractivity contribution in [1.29, 1.82) is 0 Å². The summed E-state index contributed by atoms with van der Waals surface area (Å²) in [4.78, 5) is 2.57.